The summed E-state index contributed by atoms with van der Waals surface area (Å²) in [7, 11) is 0. The molecule has 122 valence electrons. The van der Waals surface area contributed by atoms with Crippen LogP contribution >= 0.6 is 0 Å². The summed E-state index contributed by atoms with van der Waals surface area (Å²) >= 11 is 0. The summed E-state index contributed by atoms with van der Waals surface area (Å²) in [6.07, 6.45) is 0. The minimum Gasteiger partial charge on any atom is -0.417 e. The molecule has 1 unspecified atom stereocenters. The Balaban J connectivity index is 1.77. The average Bonchev–Trinajstić information content (AvgIpc) is 2.60. The quantitative estimate of drug-likeness (QED) is 0.799. The van der Waals surface area contributed by atoms with Crippen molar-refractivity contribution in [3.05, 3.63) is 82.2 Å². The van der Waals surface area contributed by atoms with E-state index in [0.29, 0.717) is 11.9 Å². The van der Waals surface area contributed by atoms with Gasteiger partial charge in [0.25, 0.3) is 5.91 Å². The van der Waals surface area contributed by atoms with Gasteiger partial charge >= 0.3 is 5.63 Å². The fourth-order valence-electron chi connectivity index (χ4n) is 2.50. The molecule has 24 heavy (non-hydrogen) atoms. The topological polar surface area (TPSA) is 59.3 Å². The number of carbonyl (C=O) groups is 1. The Labute approximate surface area is 137 Å². The zero-order chi connectivity index (χ0) is 17.1. The number of carbonyl (C=O) groups excluding carboxylic acids is 1. The third kappa shape index (κ3) is 3.35. The van der Waals surface area contributed by atoms with Gasteiger partial charge in [-0.3, -0.25) is 4.79 Å². The molecule has 0 fully saturated rings. The predicted octanol–water partition coefficient (Wildman–Crippen LogP) is 3.47. The minimum absolute atomic E-state index is 0.0839. The first-order chi connectivity index (χ1) is 11.5. The molecule has 3 rings (SSSR count). The van der Waals surface area contributed by atoms with E-state index in [4.69, 9.17) is 4.42 Å². The Kier molecular flexibility index (Phi) is 4.42. The van der Waals surface area contributed by atoms with Crippen molar-refractivity contribution < 1.29 is 13.6 Å². The second-order valence-electron chi connectivity index (χ2n) is 5.65. The van der Waals surface area contributed by atoms with Crippen molar-refractivity contribution >= 4 is 16.7 Å². The third-order valence-electron chi connectivity index (χ3n) is 3.89. The maximum atomic E-state index is 13.2. The molecule has 5 heteroatoms. The first-order valence-electron chi connectivity index (χ1n) is 7.61. The predicted molar refractivity (Wildman–Crippen MR) is 89.6 cm³/mol. The largest absolute Gasteiger partial charge is 0.417 e. The highest BCUT2D eigenvalue weighted by Gasteiger charge is 2.14. The van der Waals surface area contributed by atoms with Gasteiger partial charge in [0.15, 0.2) is 5.76 Å². The van der Waals surface area contributed by atoms with Gasteiger partial charge in [0.05, 0.1) is 5.39 Å². The molecule has 1 heterocycles. The lowest BCUT2D eigenvalue weighted by Gasteiger charge is -2.12. The van der Waals surface area contributed by atoms with E-state index in [-0.39, 0.29) is 17.1 Å². The monoisotopic (exact) mass is 325 g/mol. The normalized spacial score (nSPS) is 12.1. The van der Waals surface area contributed by atoms with Crippen LogP contribution in [0.15, 0.2) is 63.8 Å². The molecule has 1 aromatic heterocycles. The van der Waals surface area contributed by atoms with Gasteiger partial charge < -0.3 is 9.73 Å². The van der Waals surface area contributed by atoms with E-state index in [1.807, 2.05) is 37.3 Å². The Morgan fingerprint density at radius 3 is 2.67 bits per heavy atom. The van der Waals surface area contributed by atoms with Gasteiger partial charge in [-0.05, 0) is 35.1 Å². The van der Waals surface area contributed by atoms with Crippen LogP contribution in [0.3, 0.4) is 0 Å². The lowest BCUT2D eigenvalue weighted by molar-refractivity contribution is 0.0920. The minimum atomic E-state index is -0.728. The van der Waals surface area contributed by atoms with E-state index < -0.39 is 17.3 Å². The van der Waals surface area contributed by atoms with Crippen molar-refractivity contribution in [3.8, 4) is 0 Å². The van der Waals surface area contributed by atoms with Gasteiger partial charge in [0, 0.05) is 6.54 Å². The van der Waals surface area contributed by atoms with E-state index in [9.17, 15) is 14.0 Å². The first kappa shape index (κ1) is 15.9. The van der Waals surface area contributed by atoms with Crippen molar-refractivity contribution in [1.82, 2.24) is 5.32 Å². The standard InChI is InChI=1S/C19H16FNO3/c1-12(13-5-3-2-4-6-13)11-21-18(22)17-9-14-7-8-15(20)10-16(14)19(23)24-17/h2-10,12H,11H2,1H3,(H,21,22). The lowest BCUT2D eigenvalue weighted by atomic mass is 10.0. The van der Waals surface area contributed by atoms with Gasteiger partial charge in [-0.25, -0.2) is 9.18 Å². The molecule has 0 saturated carbocycles. The molecule has 1 N–H and O–H groups in total. The smallest absolute Gasteiger partial charge is 0.344 e. The lowest BCUT2D eigenvalue weighted by Crippen LogP contribution is -2.28. The fraction of sp³-hybridized carbons (Fsp3) is 0.158. The zero-order valence-corrected chi connectivity index (χ0v) is 13.1. The summed E-state index contributed by atoms with van der Waals surface area (Å²) in [6, 6.07) is 15.0. The number of hydrogen-bond acceptors (Lipinski definition) is 3. The zero-order valence-electron chi connectivity index (χ0n) is 13.1. The highest BCUT2D eigenvalue weighted by atomic mass is 19.1. The summed E-state index contributed by atoms with van der Waals surface area (Å²) in [5.41, 5.74) is 0.376. The molecular weight excluding hydrogens is 309 g/mol. The number of benzene rings is 2. The van der Waals surface area contributed by atoms with Crippen LogP contribution in [-0.2, 0) is 0 Å². The number of rotatable bonds is 4. The van der Waals surface area contributed by atoms with Crippen LogP contribution in [0.25, 0.3) is 10.8 Å². The van der Waals surface area contributed by atoms with E-state index in [2.05, 4.69) is 5.32 Å². The van der Waals surface area contributed by atoms with Crippen molar-refractivity contribution in [2.75, 3.05) is 6.54 Å². The number of fused-ring (bicyclic) bond motifs is 1. The number of nitrogens with one attached hydrogen (secondary N) is 1. The van der Waals surface area contributed by atoms with Crippen molar-refractivity contribution in [1.29, 1.82) is 0 Å². The molecule has 0 saturated heterocycles. The fourth-order valence-corrected chi connectivity index (χ4v) is 2.50. The molecule has 0 aliphatic heterocycles. The van der Waals surface area contributed by atoms with Crippen LogP contribution in [0.2, 0.25) is 0 Å². The third-order valence-corrected chi connectivity index (χ3v) is 3.89. The Hall–Kier alpha value is -2.95. The van der Waals surface area contributed by atoms with E-state index in [0.717, 1.165) is 11.6 Å². The summed E-state index contributed by atoms with van der Waals surface area (Å²) in [5.74, 6) is -0.958. The van der Waals surface area contributed by atoms with Gasteiger partial charge in [0.2, 0.25) is 0 Å². The summed E-state index contributed by atoms with van der Waals surface area (Å²) in [4.78, 5) is 24.1. The molecule has 3 aromatic rings. The van der Waals surface area contributed by atoms with Crippen molar-refractivity contribution in [2.45, 2.75) is 12.8 Å². The van der Waals surface area contributed by atoms with Crippen LogP contribution in [0.1, 0.15) is 29.0 Å². The molecule has 1 atom stereocenters. The number of amides is 1. The van der Waals surface area contributed by atoms with E-state index >= 15 is 0 Å². The van der Waals surface area contributed by atoms with Crippen LogP contribution in [0, 0.1) is 5.82 Å². The van der Waals surface area contributed by atoms with Crippen LogP contribution < -0.4 is 10.9 Å². The summed E-state index contributed by atoms with van der Waals surface area (Å²) < 4.78 is 18.2. The van der Waals surface area contributed by atoms with Crippen molar-refractivity contribution in [2.24, 2.45) is 0 Å². The van der Waals surface area contributed by atoms with Gasteiger partial charge in [-0.1, -0.05) is 43.3 Å². The summed E-state index contributed by atoms with van der Waals surface area (Å²) in [5, 5.41) is 3.34. The average molecular weight is 325 g/mol. The van der Waals surface area contributed by atoms with Gasteiger partial charge in [-0.2, -0.15) is 0 Å². The number of hydrogen-bond donors (Lipinski definition) is 1. The van der Waals surface area contributed by atoms with E-state index in [1.165, 1.54) is 18.2 Å². The maximum absolute atomic E-state index is 13.2. The molecule has 0 bridgehead atoms. The molecular formula is C19H16FNO3. The Morgan fingerprint density at radius 2 is 1.92 bits per heavy atom. The van der Waals surface area contributed by atoms with Crippen LogP contribution in [-0.4, -0.2) is 12.5 Å². The maximum Gasteiger partial charge on any atom is 0.344 e. The second-order valence-corrected chi connectivity index (χ2v) is 5.65. The number of halogens is 1. The molecule has 0 aliphatic carbocycles. The van der Waals surface area contributed by atoms with Gasteiger partial charge in [0.1, 0.15) is 5.82 Å². The molecule has 4 nitrogen and oxygen atoms in total. The Morgan fingerprint density at radius 1 is 1.17 bits per heavy atom. The van der Waals surface area contributed by atoms with Crippen LogP contribution in [0.5, 0.6) is 0 Å². The molecule has 1 amide bonds. The van der Waals surface area contributed by atoms with Crippen molar-refractivity contribution in [3.63, 3.8) is 0 Å². The molecule has 2 aromatic carbocycles. The molecule has 0 aliphatic rings. The molecule has 0 spiro atoms. The highest BCUT2D eigenvalue weighted by Crippen LogP contribution is 2.15. The van der Waals surface area contributed by atoms with E-state index in [1.54, 1.807) is 0 Å². The second kappa shape index (κ2) is 6.66. The SMILES string of the molecule is CC(CNC(=O)c1cc2ccc(F)cc2c(=O)o1)c1ccccc1. The summed E-state index contributed by atoms with van der Waals surface area (Å²) in [6.45, 7) is 2.41. The van der Waals surface area contributed by atoms with Gasteiger partial charge in [-0.15, -0.1) is 0 Å². The Bertz CT molecular complexity index is 934. The first-order valence-corrected chi connectivity index (χ1v) is 7.61. The highest BCUT2D eigenvalue weighted by molar-refractivity contribution is 5.95. The van der Waals surface area contributed by atoms with Crippen LogP contribution in [0.4, 0.5) is 4.39 Å². The molecule has 0 radical (unpaired) electrons.